The van der Waals surface area contributed by atoms with Gasteiger partial charge in [0.15, 0.2) is 0 Å². The highest BCUT2D eigenvalue weighted by molar-refractivity contribution is 5.94. The number of aryl methyl sites for hydroxylation is 1. The molecular weight excluding hydrogens is 318 g/mol. The predicted molar refractivity (Wildman–Crippen MR) is 93.6 cm³/mol. The molecule has 0 spiro atoms. The van der Waals surface area contributed by atoms with Crippen molar-refractivity contribution in [3.05, 3.63) is 65.0 Å². The number of pyridine rings is 1. The fourth-order valence-corrected chi connectivity index (χ4v) is 3.02. The average Bonchev–Trinajstić information content (AvgIpc) is 2.62. The Balaban J connectivity index is 1.60. The van der Waals surface area contributed by atoms with Crippen LogP contribution in [0.3, 0.4) is 0 Å². The lowest BCUT2D eigenvalue weighted by Crippen LogP contribution is -2.48. The van der Waals surface area contributed by atoms with Gasteiger partial charge in [-0.2, -0.15) is 0 Å². The quantitative estimate of drug-likeness (QED) is 0.923. The number of nitrogens with zero attached hydrogens (tertiary/aromatic N) is 3. The van der Waals surface area contributed by atoms with Gasteiger partial charge >= 0.3 is 5.97 Å². The molecule has 6 heteroatoms. The Morgan fingerprint density at radius 3 is 2.32 bits per heavy atom. The second-order valence-electron chi connectivity index (χ2n) is 6.19. The highest BCUT2D eigenvalue weighted by atomic mass is 16.4. The first-order valence-corrected chi connectivity index (χ1v) is 8.31. The molecule has 0 radical (unpaired) electrons. The molecule has 2 heterocycles. The molecule has 25 heavy (non-hydrogen) atoms. The van der Waals surface area contributed by atoms with Crippen LogP contribution in [0, 0.1) is 6.92 Å². The number of carbonyl (C=O) groups excluding carboxylic acids is 1. The van der Waals surface area contributed by atoms with Crippen LogP contribution in [-0.2, 0) is 6.54 Å². The summed E-state index contributed by atoms with van der Waals surface area (Å²) in [5.41, 5.74) is 2.06. The number of aromatic nitrogens is 1. The van der Waals surface area contributed by atoms with Crippen LogP contribution < -0.4 is 0 Å². The Bertz CT molecular complexity index is 769. The molecular formula is C19H21N3O3. The number of hydrogen-bond donors (Lipinski definition) is 1. The number of hydrogen-bond acceptors (Lipinski definition) is 4. The van der Waals surface area contributed by atoms with E-state index in [2.05, 4.69) is 22.0 Å². The van der Waals surface area contributed by atoms with E-state index >= 15 is 0 Å². The number of rotatable bonds is 4. The third-order valence-electron chi connectivity index (χ3n) is 4.44. The van der Waals surface area contributed by atoms with Gasteiger partial charge in [0.05, 0.1) is 11.3 Å². The number of carboxylic acid groups (broad SMARTS) is 1. The molecule has 3 rings (SSSR count). The van der Waals surface area contributed by atoms with Crippen LogP contribution in [0.1, 0.15) is 32.1 Å². The van der Waals surface area contributed by atoms with Gasteiger partial charge in [0.1, 0.15) is 5.69 Å². The summed E-state index contributed by atoms with van der Waals surface area (Å²) in [6, 6.07) is 13.2. The number of piperazine rings is 1. The van der Waals surface area contributed by atoms with Crippen LogP contribution in [0.4, 0.5) is 0 Å². The van der Waals surface area contributed by atoms with Crippen LogP contribution in [0.5, 0.6) is 0 Å². The van der Waals surface area contributed by atoms with Crippen LogP contribution in [-0.4, -0.2) is 57.9 Å². The number of carboxylic acids is 1. The minimum absolute atomic E-state index is 0.129. The van der Waals surface area contributed by atoms with Gasteiger partial charge < -0.3 is 10.0 Å². The van der Waals surface area contributed by atoms with Crippen LogP contribution >= 0.6 is 0 Å². The SMILES string of the molecule is Cc1nc(C(=O)N2CCN(Cc3ccccc3)CC2)ccc1C(=O)O. The van der Waals surface area contributed by atoms with Crippen molar-refractivity contribution in [2.75, 3.05) is 26.2 Å². The van der Waals surface area contributed by atoms with Crippen molar-refractivity contribution < 1.29 is 14.7 Å². The summed E-state index contributed by atoms with van der Waals surface area (Å²) in [7, 11) is 0. The molecule has 1 fully saturated rings. The normalized spacial score (nSPS) is 15.2. The lowest BCUT2D eigenvalue weighted by Gasteiger charge is -2.34. The highest BCUT2D eigenvalue weighted by Gasteiger charge is 2.23. The van der Waals surface area contributed by atoms with E-state index in [1.165, 1.54) is 17.7 Å². The first-order valence-electron chi connectivity index (χ1n) is 8.31. The van der Waals surface area contributed by atoms with Crippen molar-refractivity contribution in [2.45, 2.75) is 13.5 Å². The summed E-state index contributed by atoms with van der Waals surface area (Å²) in [6.07, 6.45) is 0. The van der Waals surface area contributed by atoms with Crippen molar-refractivity contribution in [1.29, 1.82) is 0 Å². The number of carbonyl (C=O) groups is 2. The van der Waals surface area contributed by atoms with Crippen LogP contribution in [0.25, 0.3) is 0 Å². The molecule has 130 valence electrons. The molecule has 1 amide bonds. The maximum atomic E-state index is 12.6. The number of aromatic carboxylic acids is 1. The summed E-state index contributed by atoms with van der Waals surface area (Å²) in [6.45, 7) is 5.41. The van der Waals surface area contributed by atoms with Gasteiger partial charge in [0.2, 0.25) is 0 Å². The molecule has 1 saturated heterocycles. The van der Waals surface area contributed by atoms with Crippen molar-refractivity contribution in [3.63, 3.8) is 0 Å². The predicted octanol–water partition coefficient (Wildman–Crippen LogP) is 2.05. The van der Waals surface area contributed by atoms with Crippen molar-refractivity contribution >= 4 is 11.9 Å². The van der Waals surface area contributed by atoms with E-state index in [0.29, 0.717) is 24.5 Å². The van der Waals surface area contributed by atoms with Gasteiger partial charge in [-0.1, -0.05) is 30.3 Å². The highest BCUT2D eigenvalue weighted by Crippen LogP contribution is 2.13. The van der Waals surface area contributed by atoms with Crippen LogP contribution in [0.15, 0.2) is 42.5 Å². The first kappa shape index (κ1) is 17.1. The first-order chi connectivity index (χ1) is 12.0. The molecule has 2 aromatic rings. The van der Waals surface area contributed by atoms with Gasteiger partial charge in [-0.3, -0.25) is 9.69 Å². The summed E-state index contributed by atoms with van der Waals surface area (Å²) in [5.74, 6) is -1.17. The van der Waals surface area contributed by atoms with E-state index < -0.39 is 5.97 Å². The van der Waals surface area contributed by atoms with E-state index in [0.717, 1.165) is 19.6 Å². The molecule has 1 aliphatic rings. The zero-order chi connectivity index (χ0) is 17.8. The fourth-order valence-electron chi connectivity index (χ4n) is 3.02. The van der Waals surface area contributed by atoms with E-state index in [1.54, 1.807) is 11.8 Å². The van der Waals surface area contributed by atoms with E-state index in [-0.39, 0.29) is 11.5 Å². The molecule has 1 aromatic carbocycles. The molecule has 1 aliphatic heterocycles. The van der Waals surface area contributed by atoms with Gasteiger partial charge in [0.25, 0.3) is 5.91 Å². The fraction of sp³-hybridized carbons (Fsp3) is 0.316. The Labute approximate surface area is 146 Å². The Kier molecular flexibility index (Phi) is 5.09. The molecule has 0 atom stereocenters. The van der Waals surface area contributed by atoms with Gasteiger partial charge in [-0.15, -0.1) is 0 Å². The van der Waals surface area contributed by atoms with Crippen molar-refractivity contribution in [1.82, 2.24) is 14.8 Å². The van der Waals surface area contributed by atoms with Crippen molar-refractivity contribution in [2.24, 2.45) is 0 Å². The lowest BCUT2D eigenvalue weighted by atomic mass is 10.1. The summed E-state index contributed by atoms with van der Waals surface area (Å²) < 4.78 is 0. The molecule has 1 N–H and O–H groups in total. The third kappa shape index (κ3) is 4.03. The molecule has 0 saturated carbocycles. The van der Waals surface area contributed by atoms with Crippen molar-refractivity contribution in [3.8, 4) is 0 Å². The van der Waals surface area contributed by atoms with Gasteiger partial charge in [-0.05, 0) is 24.6 Å². The van der Waals surface area contributed by atoms with E-state index in [4.69, 9.17) is 5.11 Å². The molecule has 6 nitrogen and oxygen atoms in total. The monoisotopic (exact) mass is 339 g/mol. The second kappa shape index (κ2) is 7.44. The third-order valence-corrected chi connectivity index (χ3v) is 4.44. The number of amides is 1. The Morgan fingerprint density at radius 1 is 1.04 bits per heavy atom. The van der Waals surface area contributed by atoms with E-state index in [9.17, 15) is 9.59 Å². The minimum atomic E-state index is -1.03. The Hall–Kier alpha value is -2.73. The summed E-state index contributed by atoms with van der Waals surface area (Å²) >= 11 is 0. The zero-order valence-corrected chi connectivity index (χ0v) is 14.2. The molecule has 1 aromatic heterocycles. The minimum Gasteiger partial charge on any atom is -0.478 e. The average molecular weight is 339 g/mol. The number of benzene rings is 1. The summed E-state index contributed by atoms with van der Waals surface area (Å²) in [5, 5.41) is 9.05. The van der Waals surface area contributed by atoms with Gasteiger partial charge in [-0.25, -0.2) is 9.78 Å². The molecule has 0 aliphatic carbocycles. The molecule has 0 unspecified atom stereocenters. The summed E-state index contributed by atoms with van der Waals surface area (Å²) in [4.78, 5) is 31.9. The largest absolute Gasteiger partial charge is 0.478 e. The van der Waals surface area contributed by atoms with Crippen LogP contribution in [0.2, 0.25) is 0 Å². The van der Waals surface area contributed by atoms with Gasteiger partial charge in [0, 0.05) is 32.7 Å². The maximum absolute atomic E-state index is 12.6. The smallest absolute Gasteiger partial charge is 0.337 e. The molecule has 0 bridgehead atoms. The topological polar surface area (TPSA) is 73.7 Å². The maximum Gasteiger partial charge on any atom is 0.337 e. The van der Waals surface area contributed by atoms with E-state index in [1.807, 2.05) is 18.2 Å². The second-order valence-corrected chi connectivity index (χ2v) is 6.19. The lowest BCUT2D eigenvalue weighted by molar-refractivity contribution is 0.0619. The Morgan fingerprint density at radius 2 is 1.72 bits per heavy atom. The standard InChI is InChI=1S/C19H21N3O3/c1-14-16(19(24)25)7-8-17(20-14)18(23)22-11-9-21(10-12-22)13-15-5-3-2-4-6-15/h2-8H,9-13H2,1H3,(H,24,25). The zero-order valence-electron chi connectivity index (χ0n) is 14.2.